The van der Waals surface area contributed by atoms with E-state index in [4.69, 9.17) is 0 Å². The van der Waals surface area contributed by atoms with E-state index in [0.29, 0.717) is 6.42 Å². The molecule has 0 N–H and O–H groups in total. The highest BCUT2D eigenvalue weighted by atomic mass is 127. The summed E-state index contributed by atoms with van der Waals surface area (Å²) < 4.78 is 1.19. The van der Waals surface area contributed by atoms with Crippen LogP contribution in [0, 0.1) is 17.4 Å². The van der Waals surface area contributed by atoms with E-state index in [0.717, 1.165) is 16.7 Å². The number of carbonyl (C=O) groups is 1. The first-order valence-corrected chi connectivity index (χ1v) is 6.99. The first-order valence-electron chi connectivity index (χ1n) is 5.92. The van der Waals surface area contributed by atoms with Gasteiger partial charge in [-0.1, -0.05) is 30.3 Å². The quantitative estimate of drug-likeness (QED) is 0.595. The van der Waals surface area contributed by atoms with E-state index < -0.39 is 0 Å². The maximum atomic E-state index is 12.3. The Kier molecular flexibility index (Phi) is 4.17. The van der Waals surface area contributed by atoms with Gasteiger partial charge in [0.1, 0.15) is 0 Å². The molecule has 0 saturated carbocycles. The molecule has 0 heterocycles. The number of carbonyl (C=O) groups excluding carboxylic acids is 1. The van der Waals surface area contributed by atoms with Crippen LogP contribution in [0.15, 0.2) is 42.5 Å². The zero-order valence-electron chi connectivity index (χ0n) is 10.5. The van der Waals surface area contributed by atoms with Gasteiger partial charge in [-0.25, -0.2) is 0 Å². The highest BCUT2D eigenvalue weighted by Crippen LogP contribution is 2.16. The maximum Gasteiger partial charge on any atom is 0.167 e. The van der Waals surface area contributed by atoms with Crippen molar-refractivity contribution in [1.82, 2.24) is 0 Å². The Labute approximate surface area is 121 Å². The van der Waals surface area contributed by atoms with Crippen molar-refractivity contribution in [2.24, 2.45) is 0 Å². The SMILES string of the molecule is Cc1cccc(C(=O)Cc2ccc(I)cc2)c1C. The third-order valence-electron chi connectivity index (χ3n) is 3.18. The van der Waals surface area contributed by atoms with Crippen LogP contribution in [0.4, 0.5) is 0 Å². The summed E-state index contributed by atoms with van der Waals surface area (Å²) in [6.45, 7) is 4.05. The molecule has 0 aromatic heterocycles. The second-order valence-corrected chi connectivity index (χ2v) is 5.72. The molecule has 0 amide bonds. The average molecular weight is 350 g/mol. The molecule has 1 nitrogen and oxygen atoms in total. The molecule has 92 valence electrons. The van der Waals surface area contributed by atoms with Gasteiger partial charge >= 0.3 is 0 Å². The van der Waals surface area contributed by atoms with Gasteiger partial charge in [-0.15, -0.1) is 0 Å². The van der Waals surface area contributed by atoms with Gasteiger partial charge < -0.3 is 0 Å². The van der Waals surface area contributed by atoms with Crippen LogP contribution in [0.5, 0.6) is 0 Å². The summed E-state index contributed by atoms with van der Waals surface area (Å²) in [5, 5.41) is 0. The summed E-state index contributed by atoms with van der Waals surface area (Å²) >= 11 is 2.27. The molecule has 2 heteroatoms. The normalized spacial score (nSPS) is 10.4. The van der Waals surface area contributed by atoms with Crippen molar-refractivity contribution in [3.63, 3.8) is 0 Å². The van der Waals surface area contributed by atoms with Crippen LogP contribution in [-0.4, -0.2) is 5.78 Å². The van der Waals surface area contributed by atoms with Crippen molar-refractivity contribution >= 4 is 28.4 Å². The van der Waals surface area contributed by atoms with Crippen LogP contribution in [-0.2, 0) is 6.42 Å². The lowest BCUT2D eigenvalue weighted by Gasteiger charge is -2.07. The molecule has 0 spiro atoms. The van der Waals surface area contributed by atoms with Crippen LogP contribution in [0.2, 0.25) is 0 Å². The van der Waals surface area contributed by atoms with E-state index >= 15 is 0 Å². The standard InChI is InChI=1S/C16H15IO/c1-11-4-3-5-15(12(11)2)16(18)10-13-6-8-14(17)9-7-13/h3-9H,10H2,1-2H3. The molecule has 2 aromatic carbocycles. The van der Waals surface area contributed by atoms with Crippen LogP contribution >= 0.6 is 22.6 Å². The van der Waals surface area contributed by atoms with E-state index in [9.17, 15) is 4.79 Å². The molecule has 0 aliphatic heterocycles. The maximum absolute atomic E-state index is 12.3. The largest absolute Gasteiger partial charge is 0.294 e. The number of rotatable bonds is 3. The second kappa shape index (κ2) is 5.65. The zero-order valence-corrected chi connectivity index (χ0v) is 12.7. The minimum atomic E-state index is 0.192. The topological polar surface area (TPSA) is 17.1 Å². The summed E-state index contributed by atoms with van der Waals surface area (Å²) in [7, 11) is 0. The monoisotopic (exact) mass is 350 g/mol. The number of Topliss-reactive ketones (excluding diaryl/α,β-unsaturated/α-hetero) is 1. The van der Waals surface area contributed by atoms with Gasteiger partial charge in [0.05, 0.1) is 0 Å². The van der Waals surface area contributed by atoms with Crippen molar-refractivity contribution in [3.8, 4) is 0 Å². The Morgan fingerprint density at radius 3 is 2.39 bits per heavy atom. The number of hydrogen-bond donors (Lipinski definition) is 0. The first-order chi connectivity index (χ1) is 8.58. The van der Waals surface area contributed by atoms with Gasteiger partial charge in [-0.05, 0) is 65.3 Å². The predicted molar refractivity (Wildman–Crippen MR) is 83.1 cm³/mol. The summed E-state index contributed by atoms with van der Waals surface area (Å²) in [5.74, 6) is 0.192. The molecule has 2 rings (SSSR count). The van der Waals surface area contributed by atoms with Crippen LogP contribution in [0.1, 0.15) is 27.0 Å². The minimum absolute atomic E-state index is 0.192. The van der Waals surface area contributed by atoms with Gasteiger partial charge in [-0.3, -0.25) is 4.79 Å². The number of aryl methyl sites for hydroxylation is 1. The van der Waals surface area contributed by atoms with E-state index in [1.54, 1.807) is 0 Å². The molecule has 0 bridgehead atoms. The Morgan fingerprint density at radius 2 is 1.72 bits per heavy atom. The molecular formula is C16H15IO. The number of hydrogen-bond acceptors (Lipinski definition) is 1. The summed E-state index contributed by atoms with van der Waals surface area (Å²) in [6.07, 6.45) is 0.473. The third-order valence-corrected chi connectivity index (χ3v) is 3.90. The van der Waals surface area contributed by atoms with Gasteiger partial charge in [0.15, 0.2) is 5.78 Å². The molecule has 0 aliphatic carbocycles. The molecule has 2 aromatic rings. The van der Waals surface area contributed by atoms with Crippen LogP contribution < -0.4 is 0 Å². The summed E-state index contributed by atoms with van der Waals surface area (Å²) in [6, 6.07) is 14.0. The molecule has 0 radical (unpaired) electrons. The fraction of sp³-hybridized carbons (Fsp3) is 0.188. The zero-order chi connectivity index (χ0) is 13.1. The lowest BCUT2D eigenvalue weighted by molar-refractivity contribution is 0.0992. The van der Waals surface area contributed by atoms with Crippen molar-refractivity contribution in [2.45, 2.75) is 20.3 Å². The summed E-state index contributed by atoms with van der Waals surface area (Å²) in [4.78, 5) is 12.3. The Balaban J connectivity index is 2.22. The minimum Gasteiger partial charge on any atom is -0.294 e. The lowest BCUT2D eigenvalue weighted by atomic mass is 9.96. The fourth-order valence-corrected chi connectivity index (χ4v) is 2.30. The Morgan fingerprint density at radius 1 is 1.06 bits per heavy atom. The van der Waals surface area contributed by atoms with E-state index in [1.165, 1.54) is 9.13 Å². The molecule has 0 fully saturated rings. The fourth-order valence-electron chi connectivity index (χ4n) is 1.94. The highest BCUT2D eigenvalue weighted by molar-refractivity contribution is 14.1. The molecular weight excluding hydrogens is 335 g/mol. The number of ketones is 1. The molecule has 0 unspecified atom stereocenters. The van der Waals surface area contributed by atoms with E-state index in [2.05, 4.69) is 22.6 Å². The predicted octanol–water partition coefficient (Wildman–Crippen LogP) is 4.33. The lowest BCUT2D eigenvalue weighted by Crippen LogP contribution is -2.06. The summed E-state index contributed by atoms with van der Waals surface area (Å²) in [5.41, 5.74) is 4.17. The first kappa shape index (κ1) is 13.3. The third kappa shape index (κ3) is 2.99. The second-order valence-electron chi connectivity index (χ2n) is 4.47. The van der Waals surface area contributed by atoms with Crippen LogP contribution in [0.3, 0.4) is 0 Å². The molecule has 0 aliphatic rings. The van der Waals surface area contributed by atoms with Crippen molar-refractivity contribution in [3.05, 3.63) is 68.3 Å². The Hall–Kier alpha value is -1.16. The van der Waals surface area contributed by atoms with Crippen LogP contribution in [0.25, 0.3) is 0 Å². The smallest absolute Gasteiger partial charge is 0.167 e. The molecule has 0 saturated heterocycles. The van der Waals surface area contributed by atoms with Crippen molar-refractivity contribution < 1.29 is 4.79 Å². The van der Waals surface area contributed by atoms with Gasteiger partial charge in [0.2, 0.25) is 0 Å². The van der Waals surface area contributed by atoms with Crippen molar-refractivity contribution in [2.75, 3.05) is 0 Å². The van der Waals surface area contributed by atoms with E-state index in [-0.39, 0.29) is 5.78 Å². The highest BCUT2D eigenvalue weighted by Gasteiger charge is 2.10. The van der Waals surface area contributed by atoms with E-state index in [1.807, 2.05) is 56.3 Å². The van der Waals surface area contributed by atoms with Gasteiger partial charge in [0, 0.05) is 15.6 Å². The van der Waals surface area contributed by atoms with Gasteiger partial charge in [-0.2, -0.15) is 0 Å². The number of halogens is 1. The molecule has 18 heavy (non-hydrogen) atoms. The van der Waals surface area contributed by atoms with Crippen molar-refractivity contribution in [1.29, 1.82) is 0 Å². The molecule has 0 atom stereocenters. The van der Waals surface area contributed by atoms with Gasteiger partial charge in [0.25, 0.3) is 0 Å². The number of benzene rings is 2. The average Bonchev–Trinajstić information content (AvgIpc) is 2.35. The Bertz CT molecular complexity index is 570.